The van der Waals surface area contributed by atoms with Crippen LogP contribution in [0.3, 0.4) is 0 Å². The minimum absolute atomic E-state index is 0.0472. The van der Waals surface area contributed by atoms with Crippen LogP contribution in [-0.2, 0) is 0 Å². The summed E-state index contributed by atoms with van der Waals surface area (Å²) in [5, 5.41) is 9.87. The topological polar surface area (TPSA) is 52.5 Å². The SMILES string of the molecule is OC1CCCC1CCN1CCN(c2ncccn2)CC1. The quantitative estimate of drug-likeness (QED) is 0.894. The van der Waals surface area contributed by atoms with E-state index in [4.69, 9.17) is 0 Å². The van der Waals surface area contributed by atoms with E-state index in [1.807, 2.05) is 6.07 Å². The van der Waals surface area contributed by atoms with Gasteiger partial charge in [0.1, 0.15) is 0 Å². The predicted octanol–water partition coefficient (Wildman–Crippen LogP) is 1.15. The van der Waals surface area contributed by atoms with Crippen molar-refractivity contribution in [3.8, 4) is 0 Å². The number of nitrogens with zero attached hydrogens (tertiary/aromatic N) is 4. The fourth-order valence-electron chi connectivity index (χ4n) is 3.33. The van der Waals surface area contributed by atoms with Gasteiger partial charge in [0.15, 0.2) is 0 Å². The van der Waals surface area contributed by atoms with Crippen LogP contribution in [-0.4, -0.2) is 58.8 Å². The van der Waals surface area contributed by atoms with Crippen LogP contribution in [0.1, 0.15) is 25.7 Å². The van der Waals surface area contributed by atoms with E-state index in [1.54, 1.807) is 12.4 Å². The van der Waals surface area contributed by atoms with Gasteiger partial charge in [-0.1, -0.05) is 6.42 Å². The molecule has 2 fully saturated rings. The Kier molecular flexibility index (Phi) is 4.47. The molecule has 2 aliphatic rings. The number of anilines is 1. The van der Waals surface area contributed by atoms with Gasteiger partial charge in [-0.25, -0.2) is 9.97 Å². The Morgan fingerprint density at radius 3 is 2.50 bits per heavy atom. The maximum atomic E-state index is 9.87. The maximum absolute atomic E-state index is 9.87. The molecule has 3 rings (SSSR count). The average molecular weight is 276 g/mol. The Labute approximate surface area is 120 Å². The van der Waals surface area contributed by atoms with E-state index >= 15 is 0 Å². The van der Waals surface area contributed by atoms with E-state index in [1.165, 1.54) is 12.8 Å². The van der Waals surface area contributed by atoms with Gasteiger partial charge in [0.05, 0.1) is 6.10 Å². The molecule has 0 spiro atoms. The normalized spacial score (nSPS) is 27.9. The van der Waals surface area contributed by atoms with Gasteiger partial charge in [-0.3, -0.25) is 4.90 Å². The first-order valence-electron chi connectivity index (χ1n) is 7.75. The number of aliphatic hydroxyl groups excluding tert-OH is 1. The molecule has 1 aliphatic heterocycles. The predicted molar refractivity (Wildman–Crippen MR) is 78.6 cm³/mol. The van der Waals surface area contributed by atoms with E-state index < -0.39 is 0 Å². The van der Waals surface area contributed by atoms with Crippen LogP contribution < -0.4 is 4.90 Å². The zero-order valence-corrected chi connectivity index (χ0v) is 12.0. The zero-order chi connectivity index (χ0) is 13.8. The van der Waals surface area contributed by atoms with Crippen molar-refractivity contribution in [3.05, 3.63) is 18.5 Å². The third kappa shape index (κ3) is 3.27. The fraction of sp³-hybridized carbons (Fsp3) is 0.733. The van der Waals surface area contributed by atoms with Gasteiger partial charge in [0.2, 0.25) is 5.95 Å². The largest absolute Gasteiger partial charge is 0.393 e. The molecule has 5 nitrogen and oxygen atoms in total. The summed E-state index contributed by atoms with van der Waals surface area (Å²) in [5.74, 6) is 1.38. The van der Waals surface area contributed by atoms with Gasteiger partial charge < -0.3 is 10.0 Å². The molecule has 0 aromatic carbocycles. The van der Waals surface area contributed by atoms with Crippen LogP contribution in [0.15, 0.2) is 18.5 Å². The second-order valence-electron chi connectivity index (χ2n) is 5.92. The van der Waals surface area contributed by atoms with Gasteiger partial charge in [-0.2, -0.15) is 0 Å². The van der Waals surface area contributed by atoms with Crippen molar-refractivity contribution in [1.29, 1.82) is 0 Å². The van der Waals surface area contributed by atoms with Crippen LogP contribution in [0.4, 0.5) is 5.95 Å². The van der Waals surface area contributed by atoms with Gasteiger partial charge in [0, 0.05) is 38.6 Å². The molecular formula is C15H24N4O. The number of hydrogen-bond acceptors (Lipinski definition) is 5. The van der Waals surface area contributed by atoms with Crippen molar-refractivity contribution in [2.45, 2.75) is 31.8 Å². The highest BCUT2D eigenvalue weighted by Crippen LogP contribution is 2.28. The molecule has 1 N–H and O–H groups in total. The smallest absolute Gasteiger partial charge is 0.225 e. The maximum Gasteiger partial charge on any atom is 0.225 e. The first kappa shape index (κ1) is 13.8. The highest BCUT2D eigenvalue weighted by molar-refractivity contribution is 5.29. The second-order valence-corrected chi connectivity index (χ2v) is 5.92. The molecule has 110 valence electrons. The number of aromatic nitrogens is 2. The van der Waals surface area contributed by atoms with Crippen molar-refractivity contribution in [3.63, 3.8) is 0 Å². The van der Waals surface area contributed by atoms with E-state index in [0.29, 0.717) is 5.92 Å². The summed E-state index contributed by atoms with van der Waals surface area (Å²) in [7, 11) is 0. The molecular weight excluding hydrogens is 252 g/mol. The summed E-state index contributed by atoms with van der Waals surface area (Å²) in [5.41, 5.74) is 0. The average Bonchev–Trinajstić information content (AvgIpc) is 2.92. The lowest BCUT2D eigenvalue weighted by molar-refractivity contribution is 0.117. The molecule has 0 amide bonds. The molecule has 2 atom stereocenters. The summed E-state index contributed by atoms with van der Waals surface area (Å²) in [4.78, 5) is 13.4. The summed E-state index contributed by atoms with van der Waals surface area (Å²) >= 11 is 0. The molecule has 20 heavy (non-hydrogen) atoms. The minimum Gasteiger partial charge on any atom is -0.393 e. The minimum atomic E-state index is -0.0472. The third-order valence-electron chi connectivity index (χ3n) is 4.64. The second kappa shape index (κ2) is 6.50. The molecule has 1 aliphatic carbocycles. The van der Waals surface area contributed by atoms with Crippen LogP contribution >= 0.6 is 0 Å². The molecule has 1 aromatic rings. The van der Waals surface area contributed by atoms with Gasteiger partial charge in [0.25, 0.3) is 0 Å². The van der Waals surface area contributed by atoms with Crippen molar-refractivity contribution in [2.24, 2.45) is 5.92 Å². The highest BCUT2D eigenvalue weighted by Gasteiger charge is 2.26. The van der Waals surface area contributed by atoms with E-state index in [9.17, 15) is 5.11 Å². The molecule has 1 aromatic heterocycles. The van der Waals surface area contributed by atoms with E-state index in [0.717, 1.165) is 51.5 Å². The van der Waals surface area contributed by atoms with Gasteiger partial charge in [-0.05, 0) is 37.8 Å². The zero-order valence-electron chi connectivity index (χ0n) is 12.0. The highest BCUT2D eigenvalue weighted by atomic mass is 16.3. The fourth-order valence-corrected chi connectivity index (χ4v) is 3.33. The summed E-state index contributed by atoms with van der Waals surface area (Å²) in [6, 6.07) is 1.85. The Morgan fingerprint density at radius 2 is 1.85 bits per heavy atom. The van der Waals surface area contributed by atoms with E-state index in [2.05, 4.69) is 19.8 Å². The van der Waals surface area contributed by atoms with Gasteiger partial charge in [-0.15, -0.1) is 0 Å². The van der Waals surface area contributed by atoms with Crippen molar-refractivity contribution in [2.75, 3.05) is 37.6 Å². The lowest BCUT2D eigenvalue weighted by atomic mass is 10.0. The molecule has 2 heterocycles. The number of piperazine rings is 1. The van der Waals surface area contributed by atoms with Crippen molar-refractivity contribution in [1.82, 2.24) is 14.9 Å². The molecule has 1 saturated carbocycles. The van der Waals surface area contributed by atoms with E-state index in [-0.39, 0.29) is 6.10 Å². The van der Waals surface area contributed by atoms with Crippen molar-refractivity contribution >= 4 is 5.95 Å². The van der Waals surface area contributed by atoms with Crippen LogP contribution in [0, 0.1) is 5.92 Å². The van der Waals surface area contributed by atoms with Crippen molar-refractivity contribution < 1.29 is 5.11 Å². The van der Waals surface area contributed by atoms with Crippen LogP contribution in [0.25, 0.3) is 0 Å². The molecule has 0 radical (unpaired) electrons. The lowest BCUT2D eigenvalue weighted by Gasteiger charge is -2.35. The molecule has 0 bridgehead atoms. The summed E-state index contributed by atoms with van der Waals surface area (Å²) in [6.45, 7) is 5.25. The Morgan fingerprint density at radius 1 is 1.10 bits per heavy atom. The molecule has 2 unspecified atom stereocenters. The first-order valence-corrected chi connectivity index (χ1v) is 7.75. The third-order valence-corrected chi connectivity index (χ3v) is 4.64. The van der Waals surface area contributed by atoms with Gasteiger partial charge >= 0.3 is 0 Å². The lowest BCUT2D eigenvalue weighted by Crippen LogP contribution is -2.47. The first-order chi connectivity index (χ1) is 9.83. The molecule has 1 saturated heterocycles. The number of rotatable bonds is 4. The number of aliphatic hydroxyl groups is 1. The Hall–Kier alpha value is -1.20. The Bertz CT molecular complexity index is 406. The van der Waals surface area contributed by atoms with Crippen LogP contribution in [0.5, 0.6) is 0 Å². The summed E-state index contributed by atoms with van der Waals surface area (Å²) in [6.07, 6.45) is 8.11. The summed E-state index contributed by atoms with van der Waals surface area (Å²) < 4.78 is 0. The molecule has 5 heteroatoms. The van der Waals surface area contributed by atoms with Crippen LogP contribution in [0.2, 0.25) is 0 Å². The standard InChI is InChI=1S/C15H24N4O/c20-14-4-1-3-13(14)5-8-18-9-11-19(12-10-18)15-16-6-2-7-17-15/h2,6-7,13-14,20H,1,3-5,8-12H2. The Balaban J connectivity index is 1.42. The number of hydrogen-bond donors (Lipinski definition) is 1. The monoisotopic (exact) mass is 276 g/mol.